The van der Waals surface area contributed by atoms with Gasteiger partial charge in [0.05, 0.1) is 53.8 Å². The molecule has 194 valence electrons. The maximum absolute atomic E-state index is 12.8. The van der Waals surface area contributed by atoms with Crippen LogP contribution in [-0.4, -0.2) is 78.7 Å². The van der Waals surface area contributed by atoms with Crippen LogP contribution in [0, 0.1) is 0 Å². The Kier molecular flexibility index (Phi) is 9.90. The number of ether oxygens (including phenoxy) is 8. The fourth-order valence-electron chi connectivity index (χ4n) is 2.99. The zero-order chi connectivity index (χ0) is 26.8. The average Bonchev–Trinajstić information content (AvgIpc) is 2.92. The zero-order valence-electron chi connectivity index (χ0n) is 20.5. The van der Waals surface area contributed by atoms with Gasteiger partial charge in [-0.15, -0.1) is 0 Å². The predicted octanol–water partition coefficient (Wildman–Crippen LogP) is 1.82. The fourth-order valence-corrected chi connectivity index (χ4v) is 2.99. The molecule has 36 heavy (non-hydrogen) atoms. The number of esters is 4. The van der Waals surface area contributed by atoms with E-state index in [-0.39, 0.29) is 22.6 Å². The highest BCUT2D eigenvalue weighted by atomic mass is 16.6. The highest BCUT2D eigenvalue weighted by Crippen LogP contribution is 2.29. The summed E-state index contributed by atoms with van der Waals surface area (Å²) >= 11 is 0. The van der Waals surface area contributed by atoms with Crippen LogP contribution in [0.5, 0.6) is 23.0 Å². The molecule has 0 fully saturated rings. The molecule has 12 nitrogen and oxygen atoms in total. The molecule has 0 unspecified atom stereocenters. The molecule has 2 rings (SSSR count). The second-order valence-corrected chi connectivity index (χ2v) is 6.84. The first-order valence-corrected chi connectivity index (χ1v) is 10.3. The first-order chi connectivity index (χ1) is 17.2. The minimum absolute atomic E-state index is 0.0450. The summed E-state index contributed by atoms with van der Waals surface area (Å²) < 4.78 is 40.3. The van der Waals surface area contributed by atoms with Crippen molar-refractivity contribution >= 4 is 23.9 Å². The number of rotatable bonds is 11. The Hall–Kier alpha value is -4.48. The molecule has 0 heterocycles. The molecule has 0 spiro atoms. The SMILES string of the molecule is COC(=O)[C@@H](OC(=O)c1ccc(OC)c(OC)c1)[C@H](OC(=O)c1ccc(OC)c(OC)c1)C(=O)OC. The number of hydrogen-bond acceptors (Lipinski definition) is 12. The number of methoxy groups -OCH3 is 6. The lowest BCUT2D eigenvalue weighted by molar-refractivity contribution is -0.170. The van der Waals surface area contributed by atoms with Crippen LogP contribution in [0.3, 0.4) is 0 Å². The summed E-state index contributed by atoms with van der Waals surface area (Å²) in [6, 6.07) is 8.19. The van der Waals surface area contributed by atoms with Gasteiger partial charge in [0.15, 0.2) is 23.0 Å². The van der Waals surface area contributed by atoms with Crippen molar-refractivity contribution in [2.45, 2.75) is 12.2 Å². The predicted molar refractivity (Wildman–Crippen MR) is 122 cm³/mol. The number of carbonyl (C=O) groups is 4. The molecule has 12 heteroatoms. The van der Waals surface area contributed by atoms with E-state index in [1.807, 2.05) is 0 Å². The lowest BCUT2D eigenvalue weighted by atomic mass is 10.1. The van der Waals surface area contributed by atoms with Gasteiger partial charge in [0.25, 0.3) is 0 Å². The highest BCUT2D eigenvalue weighted by Gasteiger charge is 2.42. The van der Waals surface area contributed by atoms with Crippen LogP contribution in [-0.2, 0) is 28.5 Å². The highest BCUT2D eigenvalue weighted by molar-refractivity contribution is 5.96. The van der Waals surface area contributed by atoms with E-state index in [0.29, 0.717) is 11.5 Å². The van der Waals surface area contributed by atoms with E-state index in [1.165, 1.54) is 64.8 Å². The van der Waals surface area contributed by atoms with Crippen LogP contribution in [0.1, 0.15) is 20.7 Å². The van der Waals surface area contributed by atoms with E-state index in [9.17, 15) is 19.2 Å². The minimum atomic E-state index is -1.99. The molecular formula is C24H26O12. The smallest absolute Gasteiger partial charge is 0.351 e. The summed E-state index contributed by atoms with van der Waals surface area (Å²) in [5, 5.41) is 0. The summed E-state index contributed by atoms with van der Waals surface area (Å²) in [6.07, 6.45) is -3.99. The molecule has 2 atom stereocenters. The molecule has 0 radical (unpaired) electrons. The molecule has 0 amide bonds. The summed E-state index contributed by atoms with van der Waals surface area (Å²) in [5.41, 5.74) is -0.0900. The number of hydrogen-bond donors (Lipinski definition) is 0. The topological polar surface area (TPSA) is 142 Å². The molecule has 2 aromatic rings. The van der Waals surface area contributed by atoms with Crippen molar-refractivity contribution in [1.82, 2.24) is 0 Å². The summed E-state index contributed by atoms with van der Waals surface area (Å²) in [6.45, 7) is 0. The van der Waals surface area contributed by atoms with E-state index in [2.05, 4.69) is 9.47 Å². The molecule has 0 aliphatic heterocycles. The van der Waals surface area contributed by atoms with Crippen LogP contribution in [0.15, 0.2) is 36.4 Å². The third-order valence-corrected chi connectivity index (χ3v) is 4.85. The Morgan fingerprint density at radius 1 is 0.528 bits per heavy atom. The van der Waals surface area contributed by atoms with Crippen molar-refractivity contribution in [3.8, 4) is 23.0 Å². The van der Waals surface area contributed by atoms with Crippen molar-refractivity contribution in [3.63, 3.8) is 0 Å². The van der Waals surface area contributed by atoms with Crippen LogP contribution >= 0.6 is 0 Å². The van der Waals surface area contributed by atoms with Gasteiger partial charge in [-0.3, -0.25) is 0 Å². The van der Waals surface area contributed by atoms with E-state index in [1.54, 1.807) is 0 Å². The van der Waals surface area contributed by atoms with Gasteiger partial charge in [-0.1, -0.05) is 0 Å². The van der Waals surface area contributed by atoms with E-state index >= 15 is 0 Å². The van der Waals surface area contributed by atoms with Crippen molar-refractivity contribution < 1.29 is 57.1 Å². The van der Waals surface area contributed by atoms with E-state index in [4.69, 9.17) is 28.4 Å². The Bertz CT molecular complexity index is 1020. The van der Waals surface area contributed by atoms with Crippen molar-refractivity contribution in [1.29, 1.82) is 0 Å². The van der Waals surface area contributed by atoms with Gasteiger partial charge in [0.2, 0.25) is 12.2 Å². The maximum atomic E-state index is 12.8. The second-order valence-electron chi connectivity index (χ2n) is 6.84. The third-order valence-electron chi connectivity index (χ3n) is 4.85. The first-order valence-electron chi connectivity index (χ1n) is 10.3. The van der Waals surface area contributed by atoms with Crippen LogP contribution < -0.4 is 18.9 Å². The lowest BCUT2D eigenvalue weighted by Gasteiger charge is -2.23. The molecule has 0 aliphatic carbocycles. The monoisotopic (exact) mass is 506 g/mol. The first kappa shape index (κ1) is 27.8. The van der Waals surface area contributed by atoms with E-state index < -0.39 is 36.1 Å². The number of carbonyl (C=O) groups excluding carboxylic acids is 4. The molecule has 0 aromatic heterocycles. The molecule has 2 aromatic carbocycles. The van der Waals surface area contributed by atoms with Crippen LogP contribution in [0.25, 0.3) is 0 Å². The van der Waals surface area contributed by atoms with Gasteiger partial charge >= 0.3 is 23.9 Å². The van der Waals surface area contributed by atoms with E-state index in [0.717, 1.165) is 14.2 Å². The second kappa shape index (κ2) is 12.8. The van der Waals surface area contributed by atoms with Crippen LogP contribution in [0.2, 0.25) is 0 Å². The van der Waals surface area contributed by atoms with Crippen LogP contribution in [0.4, 0.5) is 0 Å². The quantitative estimate of drug-likeness (QED) is 0.324. The lowest BCUT2D eigenvalue weighted by Crippen LogP contribution is -2.47. The van der Waals surface area contributed by atoms with Gasteiger partial charge in [-0.05, 0) is 36.4 Å². The average molecular weight is 506 g/mol. The van der Waals surface area contributed by atoms with Gasteiger partial charge in [0, 0.05) is 0 Å². The molecule has 0 saturated carbocycles. The maximum Gasteiger partial charge on any atom is 0.351 e. The van der Waals surface area contributed by atoms with Crippen molar-refractivity contribution in [2.75, 3.05) is 42.7 Å². The van der Waals surface area contributed by atoms with Gasteiger partial charge < -0.3 is 37.9 Å². The standard InChI is InChI=1S/C24H26O12/c1-29-15-9-7-13(11-17(15)31-3)21(25)35-19(23(27)33-5)20(24(28)34-6)36-22(26)14-8-10-16(30-2)18(12-14)32-4/h7-12,19-20H,1-6H3/t19-,20-/m0/s1. The molecule has 0 saturated heterocycles. The number of benzene rings is 2. The largest absolute Gasteiger partial charge is 0.493 e. The van der Waals surface area contributed by atoms with Gasteiger partial charge in [-0.2, -0.15) is 0 Å². The van der Waals surface area contributed by atoms with Crippen molar-refractivity contribution in [2.24, 2.45) is 0 Å². The molecule has 0 bridgehead atoms. The van der Waals surface area contributed by atoms with Crippen molar-refractivity contribution in [3.05, 3.63) is 47.5 Å². The normalized spacial score (nSPS) is 11.8. The Balaban J connectivity index is 2.38. The van der Waals surface area contributed by atoms with Gasteiger partial charge in [0.1, 0.15) is 0 Å². The molecular weight excluding hydrogens is 480 g/mol. The Labute approximate surface area is 206 Å². The zero-order valence-corrected chi connectivity index (χ0v) is 20.5. The fraction of sp³-hybridized carbons (Fsp3) is 0.333. The molecule has 0 N–H and O–H groups in total. The Morgan fingerprint density at radius 2 is 0.861 bits per heavy atom. The summed E-state index contributed by atoms with van der Waals surface area (Å²) in [5.74, 6) is -3.30. The Morgan fingerprint density at radius 3 is 1.14 bits per heavy atom. The summed E-state index contributed by atoms with van der Waals surface area (Å²) in [4.78, 5) is 50.6. The third kappa shape index (κ3) is 6.34. The molecule has 0 aliphatic rings. The summed E-state index contributed by atoms with van der Waals surface area (Å²) in [7, 11) is 7.57. The van der Waals surface area contributed by atoms with Gasteiger partial charge in [-0.25, -0.2) is 19.2 Å². The minimum Gasteiger partial charge on any atom is -0.493 e.